The van der Waals surface area contributed by atoms with Crippen molar-refractivity contribution in [1.29, 1.82) is 0 Å². The van der Waals surface area contributed by atoms with E-state index in [9.17, 15) is 9.59 Å². The van der Waals surface area contributed by atoms with Gasteiger partial charge in [-0.05, 0) is 37.1 Å². The fourth-order valence-corrected chi connectivity index (χ4v) is 4.85. The van der Waals surface area contributed by atoms with Gasteiger partial charge in [0.15, 0.2) is 13.1 Å². The van der Waals surface area contributed by atoms with Crippen molar-refractivity contribution in [2.45, 2.75) is 37.6 Å². The van der Waals surface area contributed by atoms with Crippen molar-refractivity contribution in [2.24, 2.45) is 0 Å². The van der Waals surface area contributed by atoms with Gasteiger partial charge in [0.25, 0.3) is 11.8 Å². The van der Waals surface area contributed by atoms with Crippen LogP contribution >= 0.6 is 0 Å². The van der Waals surface area contributed by atoms with Gasteiger partial charge >= 0.3 is 0 Å². The molecule has 1 aliphatic heterocycles. The van der Waals surface area contributed by atoms with E-state index in [2.05, 4.69) is 10.6 Å². The standard InChI is InChI=1S/C23H36N4O4/c1-26(17-22(29)25-19-6-8-20(30-2)9-7-19)16-21(28)24-18-23(10-4-3-5-11-23)27-12-14-31-15-13-27/h6-9H,3-5,10-18H2,1-2H3,(H,24,28)(H,25,29)/p+2. The number of likely N-dealkylation sites (N-methyl/N-ethyl adjacent to an activating group) is 1. The van der Waals surface area contributed by atoms with Crippen molar-refractivity contribution < 1.29 is 28.9 Å². The molecule has 1 atom stereocenters. The number of ether oxygens (including phenoxy) is 2. The van der Waals surface area contributed by atoms with Gasteiger partial charge in [0.05, 0.1) is 33.9 Å². The van der Waals surface area contributed by atoms with Crippen LogP contribution in [0.2, 0.25) is 0 Å². The molecule has 3 rings (SSSR count). The summed E-state index contributed by atoms with van der Waals surface area (Å²) < 4.78 is 10.7. The average molecular weight is 435 g/mol. The molecule has 172 valence electrons. The predicted molar refractivity (Wildman–Crippen MR) is 119 cm³/mol. The fourth-order valence-electron chi connectivity index (χ4n) is 4.85. The van der Waals surface area contributed by atoms with Gasteiger partial charge in [0, 0.05) is 18.5 Å². The molecule has 1 unspecified atom stereocenters. The number of nitrogens with one attached hydrogen (secondary N) is 4. The number of hydrogen-bond donors (Lipinski definition) is 4. The fraction of sp³-hybridized carbons (Fsp3) is 0.652. The minimum Gasteiger partial charge on any atom is -0.497 e. The Morgan fingerprint density at radius 1 is 1.06 bits per heavy atom. The van der Waals surface area contributed by atoms with Crippen molar-refractivity contribution in [3.05, 3.63) is 24.3 Å². The van der Waals surface area contributed by atoms with Crippen LogP contribution in [-0.4, -0.2) is 77.4 Å². The van der Waals surface area contributed by atoms with E-state index in [1.165, 1.54) is 19.3 Å². The molecule has 0 spiro atoms. The highest BCUT2D eigenvalue weighted by molar-refractivity contribution is 5.91. The first-order chi connectivity index (χ1) is 15.0. The van der Waals surface area contributed by atoms with Crippen LogP contribution in [0.25, 0.3) is 0 Å². The maximum atomic E-state index is 12.6. The third-order valence-electron chi connectivity index (χ3n) is 6.58. The van der Waals surface area contributed by atoms with E-state index < -0.39 is 0 Å². The molecule has 4 N–H and O–H groups in total. The lowest BCUT2D eigenvalue weighted by Crippen LogP contribution is -3.23. The predicted octanol–water partition coefficient (Wildman–Crippen LogP) is -1.12. The zero-order valence-corrected chi connectivity index (χ0v) is 18.9. The SMILES string of the molecule is COc1ccc(NC(=O)C[NH+](C)CC(=O)NCC2([NH+]3CCOCC3)CCCCC2)cc1. The van der Waals surface area contributed by atoms with Crippen LogP contribution in [0.3, 0.4) is 0 Å². The Labute approximate surface area is 185 Å². The molecule has 0 radical (unpaired) electrons. The molecule has 1 aromatic rings. The highest BCUT2D eigenvalue weighted by atomic mass is 16.5. The van der Waals surface area contributed by atoms with Crippen LogP contribution in [0.15, 0.2) is 24.3 Å². The van der Waals surface area contributed by atoms with Gasteiger partial charge in [-0.15, -0.1) is 0 Å². The summed E-state index contributed by atoms with van der Waals surface area (Å²) in [6, 6.07) is 7.21. The molecule has 8 heteroatoms. The third kappa shape index (κ3) is 6.92. The number of amides is 2. The zero-order chi connectivity index (χ0) is 22.1. The van der Waals surface area contributed by atoms with E-state index in [1.807, 2.05) is 7.05 Å². The number of carbonyl (C=O) groups is 2. The maximum Gasteiger partial charge on any atom is 0.279 e. The molecule has 1 saturated heterocycles. The van der Waals surface area contributed by atoms with Crippen molar-refractivity contribution in [2.75, 3.05) is 65.4 Å². The van der Waals surface area contributed by atoms with E-state index >= 15 is 0 Å². The van der Waals surface area contributed by atoms with E-state index in [-0.39, 0.29) is 30.4 Å². The van der Waals surface area contributed by atoms with E-state index in [1.54, 1.807) is 36.3 Å². The lowest BCUT2D eigenvalue weighted by molar-refractivity contribution is -0.960. The molecule has 31 heavy (non-hydrogen) atoms. The van der Waals surface area contributed by atoms with Crippen molar-refractivity contribution in [1.82, 2.24) is 5.32 Å². The molecule has 0 bridgehead atoms. The van der Waals surface area contributed by atoms with Gasteiger partial charge in [-0.3, -0.25) is 9.59 Å². The highest BCUT2D eigenvalue weighted by Gasteiger charge is 2.42. The number of rotatable bonds is 9. The number of hydrogen-bond acceptors (Lipinski definition) is 4. The summed E-state index contributed by atoms with van der Waals surface area (Å²) in [6.07, 6.45) is 6.08. The molecule has 2 fully saturated rings. The molecule has 0 aromatic heterocycles. The summed E-state index contributed by atoms with van der Waals surface area (Å²) >= 11 is 0. The zero-order valence-electron chi connectivity index (χ0n) is 18.9. The topological polar surface area (TPSA) is 85.5 Å². The molecule has 1 aliphatic carbocycles. The summed E-state index contributed by atoms with van der Waals surface area (Å²) in [7, 11) is 3.48. The molecule has 2 aliphatic rings. The first-order valence-electron chi connectivity index (χ1n) is 11.5. The Bertz CT molecular complexity index is 713. The van der Waals surface area contributed by atoms with Gasteiger partial charge in [0.2, 0.25) is 0 Å². The third-order valence-corrected chi connectivity index (χ3v) is 6.58. The first-order valence-corrected chi connectivity index (χ1v) is 11.5. The molecule has 8 nitrogen and oxygen atoms in total. The summed E-state index contributed by atoms with van der Waals surface area (Å²) in [5.74, 6) is 0.636. The normalized spacial score (nSPS) is 19.9. The van der Waals surface area contributed by atoms with Crippen LogP contribution in [0.4, 0.5) is 5.69 Å². The highest BCUT2D eigenvalue weighted by Crippen LogP contribution is 2.25. The van der Waals surface area contributed by atoms with Crippen molar-refractivity contribution in [3.63, 3.8) is 0 Å². The van der Waals surface area contributed by atoms with Gasteiger partial charge < -0.3 is 29.9 Å². The summed E-state index contributed by atoms with van der Waals surface area (Å²) in [5, 5.41) is 6.06. The molecule has 1 saturated carbocycles. The number of quaternary nitrogens is 2. The minimum absolute atomic E-state index is 0.00681. The number of anilines is 1. The first kappa shape index (κ1) is 23.5. The maximum absolute atomic E-state index is 12.6. The van der Waals surface area contributed by atoms with Crippen LogP contribution < -0.4 is 25.2 Å². The second-order valence-corrected chi connectivity index (χ2v) is 8.92. The van der Waals surface area contributed by atoms with Crippen LogP contribution in [0, 0.1) is 0 Å². The molecular formula is C23H38N4O4+2. The lowest BCUT2D eigenvalue weighted by atomic mass is 9.79. The van der Waals surface area contributed by atoms with Crippen LogP contribution in [-0.2, 0) is 14.3 Å². The second kappa shape index (κ2) is 11.5. The number of morpholine rings is 1. The van der Waals surface area contributed by atoms with Crippen LogP contribution in [0.5, 0.6) is 5.75 Å². The van der Waals surface area contributed by atoms with E-state index in [0.717, 1.165) is 55.5 Å². The summed E-state index contributed by atoms with van der Waals surface area (Å²) in [4.78, 5) is 27.4. The average Bonchev–Trinajstić information content (AvgIpc) is 2.79. The molecule has 1 aromatic carbocycles. The quantitative estimate of drug-likeness (QED) is 0.397. The number of benzene rings is 1. The largest absolute Gasteiger partial charge is 0.497 e. The Balaban J connectivity index is 1.44. The molecule has 2 amide bonds. The van der Waals surface area contributed by atoms with Gasteiger partial charge in [-0.25, -0.2) is 0 Å². The minimum atomic E-state index is -0.114. The monoisotopic (exact) mass is 434 g/mol. The van der Waals surface area contributed by atoms with Crippen molar-refractivity contribution >= 4 is 17.5 Å². The Morgan fingerprint density at radius 3 is 2.35 bits per heavy atom. The van der Waals surface area contributed by atoms with Gasteiger partial charge in [-0.1, -0.05) is 6.42 Å². The van der Waals surface area contributed by atoms with E-state index in [4.69, 9.17) is 9.47 Å². The Kier molecular flexibility index (Phi) is 8.69. The number of carbonyl (C=O) groups excluding carboxylic acids is 2. The van der Waals surface area contributed by atoms with Gasteiger partial charge in [-0.2, -0.15) is 0 Å². The smallest absolute Gasteiger partial charge is 0.279 e. The van der Waals surface area contributed by atoms with E-state index in [0.29, 0.717) is 6.54 Å². The van der Waals surface area contributed by atoms with Crippen molar-refractivity contribution in [3.8, 4) is 5.75 Å². The lowest BCUT2D eigenvalue weighted by Gasteiger charge is -2.45. The Morgan fingerprint density at radius 2 is 1.71 bits per heavy atom. The molecule has 1 heterocycles. The summed E-state index contributed by atoms with van der Waals surface area (Å²) in [6.45, 7) is 4.89. The summed E-state index contributed by atoms with van der Waals surface area (Å²) in [5.41, 5.74) is 0.855. The molecular weight excluding hydrogens is 396 g/mol. The van der Waals surface area contributed by atoms with Gasteiger partial charge in [0.1, 0.15) is 24.4 Å². The Hall–Kier alpha value is -2.16. The second-order valence-electron chi connectivity index (χ2n) is 8.92. The number of methoxy groups -OCH3 is 1. The van der Waals surface area contributed by atoms with Crippen LogP contribution in [0.1, 0.15) is 32.1 Å².